The molecule has 2 amide bonds. The van der Waals surface area contributed by atoms with Crippen molar-refractivity contribution in [2.75, 3.05) is 5.32 Å². The molecule has 2 N–H and O–H groups in total. The van der Waals surface area contributed by atoms with E-state index in [0.29, 0.717) is 12.0 Å². The number of hydrogen-bond donors (Lipinski definition) is 2. The van der Waals surface area contributed by atoms with Crippen molar-refractivity contribution in [1.29, 1.82) is 0 Å². The zero-order chi connectivity index (χ0) is 21.9. The van der Waals surface area contributed by atoms with Crippen molar-refractivity contribution in [3.63, 3.8) is 0 Å². The van der Waals surface area contributed by atoms with Gasteiger partial charge in [-0.05, 0) is 59.7 Å². The number of nitrogens with zero attached hydrogens (tertiary/aromatic N) is 2. The SMILES string of the molecule is O=C(NC(c1cccnc1)C1CC1C(=O)Nc1ccc2cnccc2c1)c1ccccc1. The van der Waals surface area contributed by atoms with Crippen molar-refractivity contribution in [3.05, 3.63) is 103 Å². The monoisotopic (exact) mass is 422 g/mol. The highest BCUT2D eigenvalue weighted by atomic mass is 16.2. The summed E-state index contributed by atoms with van der Waals surface area (Å²) in [6, 6.07) is 20.3. The van der Waals surface area contributed by atoms with Crippen molar-refractivity contribution >= 4 is 28.3 Å². The van der Waals surface area contributed by atoms with Gasteiger partial charge in [0.2, 0.25) is 5.91 Å². The fourth-order valence-corrected chi connectivity index (χ4v) is 4.09. The van der Waals surface area contributed by atoms with Crippen molar-refractivity contribution < 1.29 is 9.59 Å². The van der Waals surface area contributed by atoms with Gasteiger partial charge < -0.3 is 10.6 Å². The minimum absolute atomic E-state index is 0.0107. The van der Waals surface area contributed by atoms with E-state index >= 15 is 0 Å². The zero-order valence-electron chi connectivity index (χ0n) is 17.3. The van der Waals surface area contributed by atoms with E-state index in [1.54, 1.807) is 36.9 Å². The number of hydrogen-bond acceptors (Lipinski definition) is 4. The summed E-state index contributed by atoms with van der Waals surface area (Å²) in [5.41, 5.74) is 2.24. The summed E-state index contributed by atoms with van der Waals surface area (Å²) >= 11 is 0. The van der Waals surface area contributed by atoms with Crippen LogP contribution >= 0.6 is 0 Å². The van der Waals surface area contributed by atoms with Crippen molar-refractivity contribution in [2.24, 2.45) is 11.8 Å². The number of benzene rings is 2. The van der Waals surface area contributed by atoms with Gasteiger partial charge in [0.15, 0.2) is 0 Å². The van der Waals surface area contributed by atoms with Crippen LogP contribution in [0.4, 0.5) is 5.69 Å². The topological polar surface area (TPSA) is 84.0 Å². The molecule has 1 aliphatic carbocycles. The number of amides is 2. The molecule has 0 spiro atoms. The molecule has 158 valence electrons. The minimum Gasteiger partial charge on any atom is -0.345 e. The maximum absolute atomic E-state index is 13.0. The normalized spacial score (nSPS) is 18.0. The summed E-state index contributed by atoms with van der Waals surface area (Å²) in [7, 11) is 0. The molecule has 32 heavy (non-hydrogen) atoms. The molecule has 2 aromatic heterocycles. The third-order valence-electron chi connectivity index (χ3n) is 5.88. The highest BCUT2D eigenvalue weighted by molar-refractivity contribution is 5.97. The second kappa shape index (κ2) is 8.59. The first-order valence-electron chi connectivity index (χ1n) is 10.6. The molecule has 4 aromatic rings. The molecule has 2 aromatic carbocycles. The van der Waals surface area contributed by atoms with E-state index < -0.39 is 0 Å². The van der Waals surface area contributed by atoms with Gasteiger partial charge >= 0.3 is 0 Å². The van der Waals surface area contributed by atoms with Crippen molar-refractivity contribution in [2.45, 2.75) is 12.5 Å². The van der Waals surface area contributed by atoms with Gasteiger partial charge in [-0.1, -0.05) is 30.3 Å². The Morgan fingerprint density at radius 1 is 0.875 bits per heavy atom. The van der Waals surface area contributed by atoms with E-state index in [1.807, 2.05) is 54.6 Å². The Balaban J connectivity index is 1.32. The highest BCUT2D eigenvalue weighted by Crippen LogP contribution is 2.48. The summed E-state index contributed by atoms with van der Waals surface area (Å²) in [6.07, 6.45) is 7.69. The van der Waals surface area contributed by atoms with Gasteiger partial charge in [-0.25, -0.2) is 0 Å². The lowest BCUT2D eigenvalue weighted by molar-refractivity contribution is -0.117. The first kappa shape index (κ1) is 19.9. The Hall–Kier alpha value is -4.06. The number of carbonyl (C=O) groups is 2. The molecule has 1 aliphatic rings. The van der Waals surface area contributed by atoms with Gasteiger partial charge in [0.05, 0.1) is 6.04 Å². The predicted octanol–water partition coefficient (Wildman–Crippen LogP) is 4.38. The molecule has 2 heterocycles. The van der Waals surface area contributed by atoms with Crippen LogP contribution < -0.4 is 10.6 Å². The predicted molar refractivity (Wildman–Crippen MR) is 123 cm³/mol. The van der Waals surface area contributed by atoms with Gasteiger partial charge in [0.25, 0.3) is 5.91 Å². The Bertz CT molecular complexity index is 1260. The molecule has 0 aliphatic heterocycles. The van der Waals surface area contributed by atoms with E-state index in [4.69, 9.17) is 0 Å². The van der Waals surface area contributed by atoms with Crippen LogP contribution in [0.5, 0.6) is 0 Å². The van der Waals surface area contributed by atoms with E-state index in [1.165, 1.54) is 0 Å². The number of pyridine rings is 2. The zero-order valence-corrected chi connectivity index (χ0v) is 17.3. The summed E-state index contributed by atoms with van der Waals surface area (Å²) in [5.74, 6) is -0.360. The maximum Gasteiger partial charge on any atom is 0.251 e. The summed E-state index contributed by atoms with van der Waals surface area (Å²) in [6.45, 7) is 0. The fourth-order valence-electron chi connectivity index (χ4n) is 4.09. The van der Waals surface area contributed by atoms with Crippen molar-refractivity contribution in [3.8, 4) is 0 Å². The van der Waals surface area contributed by atoms with E-state index in [0.717, 1.165) is 22.0 Å². The second-order valence-electron chi connectivity index (χ2n) is 8.04. The van der Waals surface area contributed by atoms with Crippen LogP contribution in [0.25, 0.3) is 10.8 Å². The van der Waals surface area contributed by atoms with Crippen LogP contribution in [-0.4, -0.2) is 21.8 Å². The standard InChI is InChI=1S/C26H22N4O2/c31-25(17-5-2-1-3-6-17)30-24(20-7-4-11-27-16-20)22-14-23(22)26(32)29-21-9-8-19-15-28-12-10-18(19)13-21/h1-13,15-16,22-24H,14H2,(H,29,32)(H,30,31). The molecule has 0 bridgehead atoms. The largest absolute Gasteiger partial charge is 0.345 e. The number of carbonyl (C=O) groups excluding carboxylic acids is 2. The van der Waals surface area contributed by atoms with Gasteiger partial charge in [-0.2, -0.15) is 0 Å². The Morgan fingerprint density at radius 2 is 1.72 bits per heavy atom. The first-order valence-corrected chi connectivity index (χ1v) is 10.6. The molecule has 3 atom stereocenters. The molecule has 0 radical (unpaired) electrons. The highest BCUT2D eigenvalue weighted by Gasteiger charge is 2.48. The quantitative estimate of drug-likeness (QED) is 0.483. The minimum atomic E-state index is -0.283. The summed E-state index contributed by atoms with van der Waals surface area (Å²) < 4.78 is 0. The van der Waals surface area contributed by atoms with Gasteiger partial charge in [0, 0.05) is 47.3 Å². The molecule has 6 heteroatoms. The van der Waals surface area contributed by atoms with Gasteiger partial charge in [0.1, 0.15) is 0 Å². The Morgan fingerprint density at radius 3 is 2.53 bits per heavy atom. The Labute approximate surface area is 185 Å². The fraction of sp³-hybridized carbons (Fsp3) is 0.154. The van der Waals surface area contributed by atoms with Crippen LogP contribution in [0.2, 0.25) is 0 Å². The first-order chi connectivity index (χ1) is 15.7. The van der Waals surface area contributed by atoms with Crippen LogP contribution in [0.3, 0.4) is 0 Å². The number of nitrogens with one attached hydrogen (secondary N) is 2. The van der Waals surface area contributed by atoms with Crippen LogP contribution in [0.1, 0.15) is 28.4 Å². The smallest absolute Gasteiger partial charge is 0.251 e. The molecule has 6 nitrogen and oxygen atoms in total. The van der Waals surface area contributed by atoms with Crippen LogP contribution in [0.15, 0.2) is 91.5 Å². The van der Waals surface area contributed by atoms with Crippen molar-refractivity contribution in [1.82, 2.24) is 15.3 Å². The second-order valence-corrected chi connectivity index (χ2v) is 8.04. The summed E-state index contributed by atoms with van der Waals surface area (Å²) in [4.78, 5) is 34.1. The molecular weight excluding hydrogens is 400 g/mol. The van der Waals surface area contributed by atoms with E-state index in [2.05, 4.69) is 20.6 Å². The molecular formula is C26H22N4O2. The molecule has 1 saturated carbocycles. The molecule has 1 fully saturated rings. The summed E-state index contributed by atoms with van der Waals surface area (Å²) in [5, 5.41) is 8.19. The third kappa shape index (κ3) is 4.21. The lowest BCUT2D eigenvalue weighted by Crippen LogP contribution is -2.31. The van der Waals surface area contributed by atoms with Gasteiger partial charge in [-0.3, -0.25) is 19.6 Å². The van der Waals surface area contributed by atoms with Crippen LogP contribution in [-0.2, 0) is 4.79 Å². The number of aromatic nitrogens is 2. The average molecular weight is 422 g/mol. The molecule has 3 unspecified atom stereocenters. The number of rotatable bonds is 6. The maximum atomic E-state index is 13.0. The number of fused-ring (bicyclic) bond motifs is 1. The molecule has 0 saturated heterocycles. The number of anilines is 1. The molecule has 5 rings (SSSR count). The third-order valence-corrected chi connectivity index (χ3v) is 5.88. The van der Waals surface area contributed by atoms with E-state index in [-0.39, 0.29) is 29.7 Å². The lowest BCUT2D eigenvalue weighted by atomic mass is 10.0. The van der Waals surface area contributed by atoms with E-state index in [9.17, 15) is 9.59 Å². The van der Waals surface area contributed by atoms with Gasteiger partial charge in [-0.15, -0.1) is 0 Å². The Kier molecular flexibility index (Phi) is 5.34. The lowest BCUT2D eigenvalue weighted by Gasteiger charge is -2.19. The average Bonchev–Trinajstić information content (AvgIpc) is 3.64. The van der Waals surface area contributed by atoms with Crippen LogP contribution in [0, 0.1) is 11.8 Å².